The minimum absolute atomic E-state index is 0.0902. The predicted molar refractivity (Wildman–Crippen MR) is 60.7 cm³/mol. The molecule has 1 saturated carbocycles. The number of nitrogens with one attached hydrogen (secondary N) is 1. The van der Waals surface area contributed by atoms with Crippen LogP contribution in [0.15, 0.2) is 0 Å². The van der Waals surface area contributed by atoms with Crippen molar-refractivity contribution in [2.75, 3.05) is 13.1 Å². The fourth-order valence-electron chi connectivity index (χ4n) is 3.06. The molecule has 1 aliphatic heterocycles. The van der Waals surface area contributed by atoms with Gasteiger partial charge in [-0.25, -0.2) is 0 Å². The van der Waals surface area contributed by atoms with Gasteiger partial charge in [0, 0.05) is 12.1 Å². The van der Waals surface area contributed by atoms with Crippen LogP contribution < -0.4 is 5.32 Å². The molecule has 0 spiro atoms. The van der Waals surface area contributed by atoms with Gasteiger partial charge in [0.05, 0.1) is 6.04 Å². The summed E-state index contributed by atoms with van der Waals surface area (Å²) in [6.45, 7) is 6.16. The molecule has 1 N–H and O–H groups in total. The molecule has 1 heterocycles. The van der Waals surface area contributed by atoms with Crippen LogP contribution in [0.2, 0.25) is 0 Å². The zero-order valence-electron chi connectivity index (χ0n) is 9.88. The van der Waals surface area contributed by atoms with Crippen LogP contribution in [0.4, 0.5) is 0 Å². The number of carbonyl (C=O) groups excluding carboxylic acids is 1. The molecule has 0 aromatic heterocycles. The molecule has 1 saturated heterocycles. The van der Waals surface area contributed by atoms with Crippen LogP contribution in [0, 0.1) is 0 Å². The summed E-state index contributed by atoms with van der Waals surface area (Å²) in [5.41, 5.74) is 0.168. The Morgan fingerprint density at radius 3 is 2.73 bits per heavy atom. The van der Waals surface area contributed by atoms with E-state index < -0.39 is 0 Å². The van der Waals surface area contributed by atoms with E-state index in [1.54, 1.807) is 0 Å². The Labute approximate surface area is 92.2 Å². The molecule has 3 heteroatoms. The van der Waals surface area contributed by atoms with Crippen LogP contribution in [-0.4, -0.2) is 35.5 Å². The number of rotatable bonds is 3. The molecule has 1 aliphatic carbocycles. The number of nitrogens with zero attached hydrogens (tertiary/aromatic N) is 1. The molecule has 2 fully saturated rings. The van der Waals surface area contributed by atoms with Gasteiger partial charge in [-0.05, 0) is 32.7 Å². The van der Waals surface area contributed by atoms with E-state index >= 15 is 0 Å². The van der Waals surface area contributed by atoms with Crippen LogP contribution in [-0.2, 0) is 4.79 Å². The molecule has 2 aliphatic rings. The summed E-state index contributed by atoms with van der Waals surface area (Å²) < 4.78 is 0. The summed E-state index contributed by atoms with van der Waals surface area (Å²) in [6, 6.07) is 0.0902. The zero-order chi connectivity index (χ0) is 10.9. The van der Waals surface area contributed by atoms with Gasteiger partial charge in [0.1, 0.15) is 0 Å². The smallest absolute Gasteiger partial charge is 0.240 e. The summed E-state index contributed by atoms with van der Waals surface area (Å²) >= 11 is 0. The standard InChI is InChI=1S/C12H22N2O/c1-3-13-10-6-9-14(11(10)15)12(2)7-4-5-8-12/h10,13H,3-9H2,1-2H3. The Kier molecular flexibility index (Phi) is 3.01. The maximum absolute atomic E-state index is 12.2. The fourth-order valence-corrected chi connectivity index (χ4v) is 3.06. The van der Waals surface area contributed by atoms with Gasteiger partial charge in [-0.1, -0.05) is 19.8 Å². The van der Waals surface area contributed by atoms with Gasteiger partial charge >= 0.3 is 0 Å². The lowest BCUT2D eigenvalue weighted by Gasteiger charge is -2.35. The maximum atomic E-state index is 12.2. The van der Waals surface area contributed by atoms with E-state index in [1.807, 2.05) is 0 Å². The van der Waals surface area contributed by atoms with Crippen LogP contribution in [0.5, 0.6) is 0 Å². The summed E-state index contributed by atoms with van der Waals surface area (Å²) in [4.78, 5) is 14.3. The molecule has 15 heavy (non-hydrogen) atoms. The lowest BCUT2D eigenvalue weighted by Crippen LogP contribution is -2.48. The predicted octanol–water partition coefficient (Wildman–Crippen LogP) is 1.53. The lowest BCUT2D eigenvalue weighted by molar-refractivity contribution is -0.134. The van der Waals surface area contributed by atoms with Crippen LogP contribution in [0.3, 0.4) is 0 Å². The molecule has 1 atom stereocenters. The minimum atomic E-state index is 0.0902. The Balaban J connectivity index is 2.03. The SMILES string of the molecule is CCNC1CCN(C2(C)CCCC2)C1=O. The van der Waals surface area contributed by atoms with E-state index in [9.17, 15) is 4.79 Å². The first-order valence-electron chi connectivity index (χ1n) is 6.22. The fraction of sp³-hybridized carbons (Fsp3) is 0.917. The highest BCUT2D eigenvalue weighted by Gasteiger charge is 2.43. The van der Waals surface area contributed by atoms with E-state index in [0.29, 0.717) is 5.91 Å². The maximum Gasteiger partial charge on any atom is 0.240 e. The third-order valence-corrected chi connectivity index (χ3v) is 3.99. The van der Waals surface area contributed by atoms with Gasteiger partial charge in [0.15, 0.2) is 0 Å². The summed E-state index contributed by atoms with van der Waals surface area (Å²) in [7, 11) is 0. The second-order valence-corrected chi connectivity index (χ2v) is 5.09. The highest BCUT2D eigenvalue weighted by molar-refractivity contribution is 5.84. The van der Waals surface area contributed by atoms with Crippen LogP contribution in [0.1, 0.15) is 46.0 Å². The highest BCUT2D eigenvalue weighted by Crippen LogP contribution is 2.37. The van der Waals surface area contributed by atoms with Crippen molar-refractivity contribution in [2.24, 2.45) is 0 Å². The van der Waals surface area contributed by atoms with Gasteiger partial charge in [-0.2, -0.15) is 0 Å². The van der Waals surface area contributed by atoms with E-state index in [-0.39, 0.29) is 11.6 Å². The van der Waals surface area contributed by atoms with Crippen LogP contribution in [0.25, 0.3) is 0 Å². The molecule has 1 amide bonds. The molecule has 0 bridgehead atoms. The summed E-state index contributed by atoms with van der Waals surface area (Å²) in [6.07, 6.45) is 5.94. The molecule has 86 valence electrons. The number of likely N-dealkylation sites (tertiary alicyclic amines) is 1. The minimum Gasteiger partial charge on any atom is -0.336 e. The van der Waals surface area contributed by atoms with E-state index in [0.717, 1.165) is 19.5 Å². The molecule has 0 radical (unpaired) electrons. The van der Waals surface area contributed by atoms with Gasteiger partial charge in [0.2, 0.25) is 5.91 Å². The average molecular weight is 210 g/mol. The van der Waals surface area contributed by atoms with Crippen molar-refractivity contribution in [1.29, 1.82) is 0 Å². The van der Waals surface area contributed by atoms with Crippen molar-refractivity contribution in [3.8, 4) is 0 Å². The topological polar surface area (TPSA) is 32.3 Å². The number of hydrogen-bond donors (Lipinski definition) is 1. The summed E-state index contributed by atoms with van der Waals surface area (Å²) in [5.74, 6) is 0.334. The second-order valence-electron chi connectivity index (χ2n) is 5.09. The third kappa shape index (κ3) is 1.89. The van der Waals surface area contributed by atoms with Crippen molar-refractivity contribution < 1.29 is 4.79 Å². The first kappa shape index (κ1) is 10.9. The van der Waals surface area contributed by atoms with Crippen molar-refractivity contribution in [3.05, 3.63) is 0 Å². The van der Waals surface area contributed by atoms with Gasteiger partial charge < -0.3 is 10.2 Å². The van der Waals surface area contributed by atoms with Crippen molar-refractivity contribution in [1.82, 2.24) is 10.2 Å². The largest absolute Gasteiger partial charge is 0.336 e. The quantitative estimate of drug-likeness (QED) is 0.766. The third-order valence-electron chi connectivity index (χ3n) is 3.99. The molecular formula is C12H22N2O. The van der Waals surface area contributed by atoms with E-state index in [2.05, 4.69) is 24.1 Å². The summed E-state index contributed by atoms with van der Waals surface area (Å²) in [5, 5.41) is 3.27. The Morgan fingerprint density at radius 2 is 2.13 bits per heavy atom. The molecule has 2 rings (SSSR count). The normalized spacial score (nSPS) is 30.1. The number of carbonyl (C=O) groups is 1. The highest BCUT2D eigenvalue weighted by atomic mass is 16.2. The van der Waals surface area contributed by atoms with E-state index in [4.69, 9.17) is 0 Å². The number of amides is 1. The monoisotopic (exact) mass is 210 g/mol. The van der Waals surface area contributed by atoms with Crippen LogP contribution >= 0.6 is 0 Å². The first-order chi connectivity index (χ1) is 7.17. The Bertz CT molecular complexity index is 246. The molecule has 0 aromatic carbocycles. The van der Waals surface area contributed by atoms with Crippen molar-refractivity contribution in [3.63, 3.8) is 0 Å². The number of hydrogen-bond acceptors (Lipinski definition) is 2. The number of likely N-dealkylation sites (N-methyl/N-ethyl adjacent to an activating group) is 1. The lowest BCUT2D eigenvalue weighted by atomic mass is 9.98. The van der Waals surface area contributed by atoms with Gasteiger partial charge in [-0.3, -0.25) is 4.79 Å². The Hall–Kier alpha value is -0.570. The Morgan fingerprint density at radius 1 is 1.47 bits per heavy atom. The van der Waals surface area contributed by atoms with Crippen molar-refractivity contribution in [2.45, 2.75) is 57.5 Å². The second kappa shape index (κ2) is 4.12. The van der Waals surface area contributed by atoms with Gasteiger partial charge in [-0.15, -0.1) is 0 Å². The molecule has 1 unspecified atom stereocenters. The van der Waals surface area contributed by atoms with Crippen molar-refractivity contribution >= 4 is 5.91 Å². The van der Waals surface area contributed by atoms with Gasteiger partial charge in [0.25, 0.3) is 0 Å². The zero-order valence-corrected chi connectivity index (χ0v) is 9.88. The van der Waals surface area contributed by atoms with E-state index in [1.165, 1.54) is 25.7 Å². The average Bonchev–Trinajstić information content (AvgIpc) is 2.77. The molecular weight excluding hydrogens is 188 g/mol. The molecule has 0 aromatic rings. The molecule has 3 nitrogen and oxygen atoms in total. The first-order valence-corrected chi connectivity index (χ1v) is 6.22.